The van der Waals surface area contributed by atoms with E-state index in [2.05, 4.69) is 20.7 Å². The van der Waals surface area contributed by atoms with Gasteiger partial charge in [-0.05, 0) is 13.3 Å². The molecule has 0 saturated carbocycles. The molecule has 0 aliphatic heterocycles. The Hall–Kier alpha value is -1.24. The largest absolute Gasteiger partial charge is 0.464 e. The van der Waals surface area contributed by atoms with Crippen molar-refractivity contribution < 1.29 is 84.2 Å². The molecule has 0 N–H and O–H groups in total. The predicted molar refractivity (Wildman–Crippen MR) is 83.9 cm³/mol. The predicted octanol–water partition coefficient (Wildman–Crippen LogP) is 7.49. The van der Waals surface area contributed by atoms with Gasteiger partial charge >= 0.3 is 53.6 Å². The summed E-state index contributed by atoms with van der Waals surface area (Å²) in [6.07, 6.45) is -10.8. The number of rotatable bonds is 11. The molecule has 0 saturated heterocycles. The molecule has 0 bridgehead atoms. The lowest BCUT2D eigenvalue weighted by Crippen LogP contribution is -2.74. The molecule has 0 aliphatic carbocycles. The number of ether oxygens (including phenoxy) is 1. The second-order valence-corrected chi connectivity index (χ2v) is 8.84. The normalized spacial score (nSPS) is 17.3. The van der Waals surface area contributed by atoms with Gasteiger partial charge in [-0.15, -0.1) is 0 Å². The van der Waals surface area contributed by atoms with Crippen LogP contribution in [0.4, 0.5) is 74.6 Å². The molecule has 0 rings (SSSR count). The smallest absolute Gasteiger partial charge is 0.460 e. The first-order valence-corrected chi connectivity index (χ1v) is 9.31. The fourth-order valence-electron chi connectivity index (χ4n) is 1.92. The molecule has 0 spiro atoms. The number of halogens is 18. The third kappa shape index (κ3) is 5.13. The molecule has 0 radical (unpaired) electrons. The molecule has 0 aromatic carbocycles. The maximum absolute atomic E-state index is 13.6. The number of hydrogen-bond donors (Lipinski definition) is 0. The van der Waals surface area contributed by atoms with E-state index in [-0.39, 0.29) is 6.42 Å². The third-order valence-corrected chi connectivity index (χ3v) is 5.41. The minimum atomic E-state index is -8.67. The lowest BCUT2D eigenvalue weighted by atomic mass is 9.88. The Balaban J connectivity index is 6.28. The highest BCUT2D eigenvalue weighted by molar-refractivity contribution is 9.10. The van der Waals surface area contributed by atoms with Gasteiger partial charge in [-0.1, -0.05) is 22.9 Å². The van der Waals surface area contributed by atoms with Crippen molar-refractivity contribution in [2.75, 3.05) is 6.61 Å². The van der Waals surface area contributed by atoms with Crippen LogP contribution in [-0.4, -0.2) is 64.5 Å². The van der Waals surface area contributed by atoms with Crippen molar-refractivity contribution in [1.82, 2.24) is 0 Å². The van der Waals surface area contributed by atoms with Crippen LogP contribution in [0.25, 0.3) is 0 Å². The van der Waals surface area contributed by atoms with E-state index in [0.29, 0.717) is 0 Å². The molecule has 0 amide bonds. The molecule has 0 fully saturated rings. The lowest BCUT2D eigenvalue weighted by molar-refractivity contribution is -0.461. The molecule has 0 aliphatic rings. The fourth-order valence-corrected chi connectivity index (χ4v) is 2.03. The Kier molecular flexibility index (Phi) is 8.93. The van der Waals surface area contributed by atoms with Crippen LogP contribution >= 0.6 is 15.9 Å². The van der Waals surface area contributed by atoms with Gasteiger partial charge in [-0.3, -0.25) is 4.79 Å². The summed E-state index contributed by atoms with van der Waals surface area (Å²) in [4.78, 5) is 11.5. The molecule has 0 aromatic heterocycles. The van der Waals surface area contributed by atoms with E-state index in [0.717, 1.165) is 6.92 Å². The maximum atomic E-state index is 13.6. The average molecular weight is 627 g/mol. The number of carbonyl (C=O) groups is 1. The van der Waals surface area contributed by atoms with Gasteiger partial charge < -0.3 is 4.74 Å². The summed E-state index contributed by atoms with van der Waals surface area (Å²) in [5.74, 6) is -58.3. The monoisotopic (exact) mass is 626 g/mol. The van der Waals surface area contributed by atoms with E-state index in [4.69, 9.17) is 0 Å². The highest BCUT2D eigenvalue weighted by atomic mass is 79.9. The zero-order valence-electron chi connectivity index (χ0n) is 16.7. The maximum Gasteiger partial charge on any atom is 0.460 e. The van der Waals surface area contributed by atoms with E-state index >= 15 is 0 Å². The quantitative estimate of drug-likeness (QED) is 0.135. The Bertz CT molecular complexity index is 772. The van der Waals surface area contributed by atoms with E-state index in [9.17, 15) is 79.4 Å². The summed E-state index contributed by atoms with van der Waals surface area (Å²) < 4.78 is 225. The van der Waals surface area contributed by atoms with E-state index < -0.39 is 71.0 Å². The Morgan fingerprint density at radius 2 is 0.943 bits per heavy atom. The molecule has 35 heavy (non-hydrogen) atoms. The van der Waals surface area contributed by atoms with Crippen LogP contribution in [0.2, 0.25) is 0 Å². The van der Waals surface area contributed by atoms with Crippen LogP contribution in [0.5, 0.6) is 0 Å². The average Bonchev–Trinajstić information content (AvgIpc) is 2.65. The number of hydrogen-bond acceptors (Lipinski definition) is 2. The third-order valence-electron chi connectivity index (χ3n) is 4.53. The molecule has 1 atom stereocenters. The van der Waals surface area contributed by atoms with Crippen molar-refractivity contribution >= 4 is 21.9 Å². The van der Waals surface area contributed by atoms with E-state index in [1.54, 1.807) is 0 Å². The minimum absolute atomic E-state index is 0.144. The van der Waals surface area contributed by atoms with Crippen LogP contribution in [0.1, 0.15) is 26.7 Å². The van der Waals surface area contributed by atoms with E-state index in [1.165, 1.54) is 6.92 Å². The summed E-state index contributed by atoms with van der Waals surface area (Å²) >= 11 is 2.67. The summed E-state index contributed by atoms with van der Waals surface area (Å²) in [7, 11) is 0. The molecular formula is C15H12BrF17O2. The highest BCUT2D eigenvalue weighted by Gasteiger charge is 2.95. The van der Waals surface area contributed by atoms with Crippen molar-refractivity contribution in [3.63, 3.8) is 0 Å². The number of carbonyl (C=O) groups excluding carboxylic acids is 1. The standard InChI is InChI=1S/C15H12BrF17O2/c1-3-7(2,16)6(34)35-5-4-8(17,18)9(19,20)10(21,22)11(23,24)12(25,26)13(27,28)14(29,30)15(31,32)33/h3-5H2,1-2H3. The van der Waals surface area contributed by atoms with Crippen LogP contribution in [0, 0.1) is 0 Å². The zero-order chi connectivity index (χ0) is 28.9. The molecule has 20 heteroatoms. The molecule has 1 unspecified atom stereocenters. The SMILES string of the molecule is CCC(C)(Br)C(=O)OCCC(F)(F)C(F)(F)C(F)(F)C(F)(F)C(F)(F)C(F)(F)C(F)(F)C(F)(F)F. The number of alkyl halides is 18. The van der Waals surface area contributed by atoms with Crippen LogP contribution in [-0.2, 0) is 9.53 Å². The first-order chi connectivity index (χ1) is 14.9. The van der Waals surface area contributed by atoms with Gasteiger partial charge in [0.1, 0.15) is 4.32 Å². The number of esters is 1. The molecular weight excluding hydrogens is 615 g/mol. The topological polar surface area (TPSA) is 26.3 Å². The highest BCUT2D eigenvalue weighted by Crippen LogP contribution is 2.64. The molecule has 2 nitrogen and oxygen atoms in total. The fraction of sp³-hybridized carbons (Fsp3) is 0.933. The van der Waals surface area contributed by atoms with Crippen LogP contribution in [0.15, 0.2) is 0 Å². The van der Waals surface area contributed by atoms with Crippen molar-refractivity contribution in [1.29, 1.82) is 0 Å². The van der Waals surface area contributed by atoms with E-state index in [1.807, 2.05) is 0 Å². The zero-order valence-corrected chi connectivity index (χ0v) is 18.3. The van der Waals surface area contributed by atoms with Crippen LogP contribution in [0.3, 0.4) is 0 Å². The second kappa shape index (κ2) is 9.25. The second-order valence-electron chi connectivity index (χ2n) is 7.09. The summed E-state index contributed by atoms with van der Waals surface area (Å²) in [5, 5.41) is 0. The summed E-state index contributed by atoms with van der Waals surface area (Å²) in [6, 6.07) is 0. The molecule has 0 heterocycles. The first kappa shape index (κ1) is 33.8. The van der Waals surface area contributed by atoms with Gasteiger partial charge in [0, 0.05) is 0 Å². The Labute approximate surface area is 192 Å². The van der Waals surface area contributed by atoms with Gasteiger partial charge in [-0.2, -0.15) is 74.6 Å². The summed E-state index contributed by atoms with van der Waals surface area (Å²) in [6.45, 7) is 0.360. The molecule has 210 valence electrons. The van der Waals surface area contributed by atoms with Gasteiger partial charge in [-0.25, -0.2) is 0 Å². The van der Waals surface area contributed by atoms with Gasteiger partial charge in [0.15, 0.2) is 0 Å². The van der Waals surface area contributed by atoms with Crippen molar-refractivity contribution in [3.05, 3.63) is 0 Å². The van der Waals surface area contributed by atoms with Crippen molar-refractivity contribution in [2.45, 2.75) is 78.6 Å². The van der Waals surface area contributed by atoms with Crippen molar-refractivity contribution in [2.24, 2.45) is 0 Å². The van der Waals surface area contributed by atoms with Gasteiger partial charge in [0.05, 0.1) is 13.0 Å². The minimum Gasteiger partial charge on any atom is -0.464 e. The van der Waals surface area contributed by atoms with Gasteiger partial charge in [0.25, 0.3) is 0 Å². The van der Waals surface area contributed by atoms with Gasteiger partial charge in [0.2, 0.25) is 0 Å². The van der Waals surface area contributed by atoms with Crippen LogP contribution < -0.4 is 0 Å². The first-order valence-electron chi connectivity index (χ1n) is 8.51. The Morgan fingerprint density at radius 1 is 0.629 bits per heavy atom. The van der Waals surface area contributed by atoms with Crippen molar-refractivity contribution in [3.8, 4) is 0 Å². The Morgan fingerprint density at radius 3 is 1.26 bits per heavy atom. The lowest BCUT2D eigenvalue weighted by Gasteiger charge is -2.42. The summed E-state index contributed by atoms with van der Waals surface area (Å²) in [5.41, 5.74) is 0. The molecule has 0 aromatic rings.